The molecule has 0 saturated carbocycles. The van der Waals surface area contributed by atoms with Crippen molar-refractivity contribution < 1.29 is 18.7 Å². The summed E-state index contributed by atoms with van der Waals surface area (Å²) in [5.74, 6) is -1.58. The number of benzene rings is 1. The number of fused-ring (bicyclic) bond motifs is 1. The standard InChI is InChI=1S/C19H18FN3O4S/c1-11-12(2)28-18-17(11)19(26)23(10-22-18)8-16(25)27-9-15(24)21-7-13-3-5-14(20)6-4-13/h3-6,10H,7-9H2,1-2H3,(H,21,24). The zero-order chi connectivity index (χ0) is 20.3. The monoisotopic (exact) mass is 403 g/mol. The first-order chi connectivity index (χ1) is 13.3. The van der Waals surface area contributed by atoms with Gasteiger partial charge in [-0.05, 0) is 37.1 Å². The Balaban J connectivity index is 1.54. The Kier molecular flexibility index (Phi) is 5.84. The maximum absolute atomic E-state index is 12.8. The van der Waals surface area contributed by atoms with Gasteiger partial charge in [0.1, 0.15) is 17.2 Å². The fourth-order valence-electron chi connectivity index (χ4n) is 2.57. The molecule has 146 valence electrons. The van der Waals surface area contributed by atoms with Gasteiger partial charge in [0.05, 0.1) is 11.7 Å². The van der Waals surface area contributed by atoms with Crippen LogP contribution in [-0.2, 0) is 27.4 Å². The molecule has 0 aliphatic rings. The normalized spacial score (nSPS) is 10.8. The lowest BCUT2D eigenvalue weighted by Crippen LogP contribution is -2.31. The summed E-state index contributed by atoms with van der Waals surface area (Å²) in [7, 11) is 0. The number of thiophene rings is 1. The molecule has 7 nitrogen and oxygen atoms in total. The lowest BCUT2D eigenvalue weighted by atomic mass is 10.2. The second-order valence-electron chi connectivity index (χ2n) is 6.20. The maximum atomic E-state index is 12.8. The molecule has 0 atom stereocenters. The molecule has 0 bridgehead atoms. The molecule has 3 rings (SSSR count). The van der Waals surface area contributed by atoms with Crippen LogP contribution in [-0.4, -0.2) is 28.0 Å². The summed E-state index contributed by atoms with van der Waals surface area (Å²) in [6, 6.07) is 5.68. The van der Waals surface area contributed by atoms with Crippen LogP contribution in [0.3, 0.4) is 0 Å². The van der Waals surface area contributed by atoms with E-state index < -0.39 is 18.5 Å². The number of ether oxygens (including phenoxy) is 1. The Labute approximate surface area is 163 Å². The van der Waals surface area contributed by atoms with Gasteiger partial charge in [0.25, 0.3) is 11.5 Å². The first kappa shape index (κ1) is 19.7. The predicted octanol–water partition coefficient (Wildman–Crippen LogP) is 2.07. The molecule has 1 N–H and O–H groups in total. The number of aromatic nitrogens is 2. The molecule has 0 unspecified atom stereocenters. The first-order valence-electron chi connectivity index (χ1n) is 8.47. The summed E-state index contributed by atoms with van der Waals surface area (Å²) < 4.78 is 18.9. The zero-order valence-electron chi connectivity index (χ0n) is 15.3. The predicted molar refractivity (Wildman–Crippen MR) is 103 cm³/mol. The highest BCUT2D eigenvalue weighted by Gasteiger charge is 2.15. The van der Waals surface area contributed by atoms with E-state index in [1.807, 2.05) is 13.8 Å². The van der Waals surface area contributed by atoms with E-state index in [2.05, 4.69) is 10.3 Å². The number of rotatable bonds is 6. The maximum Gasteiger partial charge on any atom is 0.326 e. The van der Waals surface area contributed by atoms with Crippen molar-refractivity contribution in [2.75, 3.05) is 6.61 Å². The van der Waals surface area contributed by atoms with Crippen LogP contribution in [0.1, 0.15) is 16.0 Å². The van der Waals surface area contributed by atoms with E-state index in [-0.39, 0.29) is 24.5 Å². The Bertz CT molecular complexity index is 1090. The molecule has 0 fully saturated rings. The molecular formula is C19H18FN3O4S. The number of nitrogens with one attached hydrogen (secondary N) is 1. The van der Waals surface area contributed by atoms with Gasteiger partial charge in [-0.1, -0.05) is 12.1 Å². The molecular weight excluding hydrogens is 385 g/mol. The van der Waals surface area contributed by atoms with Gasteiger partial charge < -0.3 is 10.1 Å². The van der Waals surface area contributed by atoms with Gasteiger partial charge in [0.15, 0.2) is 6.61 Å². The van der Waals surface area contributed by atoms with Crippen LogP contribution >= 0.6 is 11.3 Å². The second-order valence-corrected chi connectivity index (χ2v) is 7.41. The van der Waals surface area contributed by atoms with E-state index in [1.54, 1.807) is 12.1 Å². The minimum absolute atomic E-state index is 0.188. The summed E-state index contributed by atoms with van der Waals surface area (Å²) in [6.07, 6.45) is 1.30. The summed E-state index contributed by atoms with van der Waals surface area (Å²) >= 11 is 1.42. The van der Waals surface area contributed by atoms with Crippen molar-refractivity contribution in [1.82, 2.24) is 14.9 Å². The largest absolute Gasteiger partial charge is 0.454 e. The van der Waals surface area contributed by atoms with E-state index in [4.69, 9.17) is 4.74 Å². The smallest absolute Gasteiger partial charge is 0.326 e. The van der Waals surface area contributed by atoms with Crippen LogP contribution in [0.2, 0.25) is 0 Å². The highest BCUT2D eigenvalue weighted by molar-refractivity contribution is 7.18. The van der Waals surface area contributed by atoms with Crippen molar-refractivity contribution in [3.8, 4) is 0 Å². The summed E-state index contributed by atoms with van der Waals surface area (Å²) in [5, 5.41) is 3.06. The number of esters is 1. The van der Waals surface area contributed by atoms with Crippen LogP contribution in [0.5, 0.6) is 0 Å². The number of carbonyl (C=O) groups is 2. The highest BCUT2D eigenvalue weighted by Crippen LogP contribution is 2.25. The van der Waals surface area contributed by atoms with Gasteiger partial charge >= 0.3 is 5.97 Å². The van der Waals surface area contributed by atoms with Crippen molar-refractivity contribution in [2.45, 2.75) is 26.9 Å². The Morgan fingerprint density at radius 3 is 2.68 bits per heavy atom. The van der Waals surface area contributed by atoms with Crippen LogP contribution in [0.25, 0.3) is 10.2 Å². The van der Waals surface area contributed by atoms with Crippen molar-refractivity contribution >= 4 is 33.4 Å². The number of carbonyl (C=O) groups excluding carboxylic acids is 2. The second kappa shape index (κ2) is 8.30. The van der Waals surface area contributed by atoms with E-state index in [0.29, 0.717) is 15.8 Å². The number of hydrogen-bond acceptors (Lipinski definition) is 6. The van der Waals surface area contributed by atoms with Gasteiger partial charge in [-0.3, -0.25) is 19.0 Å². The van der Waals surface area contributed by atoms with Crippen molar-refractivity contribution in [3.05, 3.63) is 62.8 Å². The van der Waals surface area contributed by atoms with Crippen LogP contribution in [0, 0.1) is 19.7 Å². The molecule has 1 aromatic carbocycles. The van der Waals surface area contributed by atoms with E-state index in [9.17, 15) is 18.8 Å². The minimum atomic E-state index is -0.718. The number of hydrogen-bond donors (Lipinski definition) is 1. The molecule has 0 spiro atoms. The minimum Gasteiger partial charge on any atom is -0.454 e. The molecule has 2 heterocycles. The Morgan fingerprint density at radius 1 is 1.25 bits per heavy atom. The van der Waals surface area contributed by atoms with Gasteiger partial charge in [0.2, 0.25) is 0 Å². The quantitative estimate of drug-likeness (QED) is 0.637. The van der Waals surface area contributed by atoms with Crippen LogP contribution in [0.4, 0.5) is 4.39 Å². The van der Waals surface area contributed by atoms with Gasteiger partial charge in [-0.25, -0.2) is 9.37 Å². The third-order valence-corrected chi connectivity index (χ3v) is 5.34. The van der Waals surface area contributed by atoms with Crippen molar-refractivity contribution in [3.63, 3.8) is 0 Å². The molecule has 0 aliphatic carbocycles. The van der Waals surface area contributed by atoms with Crippen molar-refractivity contribution in [2.24, 2.45) is 0 Å². The summed E-state index contributed by atoms with van der Waals surface area (Å²) in [4.78, 5) is 42.1. The lowest BCUT2D eigenvalue weighted by Gasteiger charge is -2.08. The Hall–Kier alpha value is -3.07. The first-order valence-corrected chi connectivity index (χ1v) is 9.28. The molecule has 0 radical (unpaired) electrons. The molecule has 0 saturated heterocycles. The number of halogens is 1. The fourth-order valence-corrected chi connectivity index (χ4v) is 3.55. The SMILES string of the molecule is Cc1sc2ncn(CC(=O)OCC(=O)NCc3ccc(F)cc3)c(=O)c2c1C. The highest BCUT2D eigenvalue weighted by atomic mass is 32.1. The third kappa shape index (κ3) is 4.42. The molecule has 1 amide bonds. The molecule has 3 aromatic rings. The number of aryl methyl sites for hydroxylation is 2. The summed E-state index contributed by atoms with van der Waals surface area (Å²) in [6.45, 7) is 3.13. The Morgan fingerprint density at radius 2 is 1.96 bits per heavy atom. The summed E-state index contributed by atoms with van der Waals surface area (Å²) in [5.41, 5.74) is 1.25. The number of amides is 1. The molecule has 0 aliphatic heterocycles. The third-order valence-electron chi connectivity index (χ3n) is 4.22. The van der Waals surface area contributed by atoms with E-state index in [0.717, 1.165) is 10.4 Å². The van der Waals surface area contributed by atoms with Crippen molar-refractivity contribution in [1.29, 1.82) is 0 Å². The number of nitrogens with zero attached hydrogens (tertiary/aromatic N) is 2. The molecule has 28 heavy (non-hydrogen) atoms. The van der Waals surface area contributed by atoms with Crippen LogP contribution < -0.4 is 10.9 Å². The van der Waals surface area contributed by atoms with Gasteiger partial charge in [0, 0.05) is 11.4 Å². The van der Waals surface area contributed by atoms with E-state index >= 15 is 0 Å². The fraction of sp³-hybridized carbons (Fsp3) is 0.263. The molecule has 2 aromatic heterocycles. The lowest BCUT2D eigenvalue weighted by molar-refractivity contribution is -0.149. The average Bonchev–Trinajstić information content (AvgIpc) is 2.96. The van der Waals surface area contributed by atoms with Gasteiger partial charge in [-0.15, -0.1) is 11.3 Å². The average molecular weight is 403 g/mol. The molecule has 9 heteroatoms. The van der Waals surface area contributed by atoms with Crippen LogP contribution in [0.15, 0.2) is 35.4 Å². The van der Waals surface area contributed by atoms with E-state index in [1.165, 1.54) is 34.4 Å². The topological polar surface area (TPSA) is 90.3 Å². The zero-order valence-corrected chi connectivity index (χ0v) is 16.1. The van der Waals surface area contributed by atoms with Gasteiger partial charge in [-0.2, -0.15) is 0 Å².